The van der Waals surface area contributed by atoms with Gasteiger partial charge in [0, 0.05) is 0 Å². The number of hydrogen-bond donors (Lipinski definition) is 1. The van der Waals surface area contributed by atoms with Crippen molar-refractivity contribution in [3.8, 4) is 0 Å². The molecule has 0 saturated carbocycles. The lowest BCUT2D eigenvalue weighted by Gasteiger charge is -2.14. The summed E-state index contributed by atoms with van der Waals surface area (Å²) in [6.07, 6.45) is 0.405. The van der Waals surface area contributed by atoms with Crippen LogP contribution in [0.2, 0.25) is 0 Å². The molecule has 0 radical (unpaired) electrons. The molecule has 2 heteroatoms. The molecule has 3 aromatic rings. The van der Waals surface area contributed by atoms with Gasteiger partial charge in [0.15, 0.2) is 0 Å². The van der Waals surface area contributed by atoms with Crippen LogP contribution < -0.4 is 5.32 Å². The fourth-order valence-corrected chi connectivity index (χ4v) is 2.65. The number of carbonyl (C=O) groups is 1. The zero-order valence-corrected chi connectivity index (χ0v) is 12.6. The fraction of sp³-hybridized carbons (Fsp3) is 0.150. The van der Waals surface area contributed by atoms with Crippen LogP contribution in [0.15, 0.2) is 72.8 Å². The Morgan fingerprint density at radius 2 is 1.59 bits per heavy atom. The summed E-state index contributed by atoms with van der Waals surface area (Å²) in [5.74, 6) is 0.0478. The van der Waals surface area contributed by atoms with E-state index >= 15 is 0 Å². The third-order valence-electron chi connectivity index (χ3n) is 3.86. The second-order valence-corrected chi connectivity index (χ2v) is 5.56. The van der Waals surface area contributed by atoms with Gasteiger partial charge in [-0.3, -0.25) is 4.79 Å². The number of rotatable bonds is 4. The quantitative estimate of drug-likeness (QED) is 0.764. The average Bonchev–Trinajstić information content (AvgIpc) is 2.55. The van der Waals surface area contributed by atoms with E-state index in [-0.39, 0.29) is 11.9 Å². The predicted molar refractivity (Wildman–Crippen MR) is 90.7 cm³/mol. The maximum Gasteiger partial charge on any atom is 0.224 e. The summed E-state index contributed by atoms with van der Waals surface area (Å²) in [6, 6.07) is 24.4. The Bertz CT molecular complexity index is 780. The minimum Gasteiger partial charge on any atom is -0.349 e. The van der Waals surface area contributed by atoms with Gasteiger partial charge < -0.3 is 5.32 Å². The molecule has 0 aliphatic heterocycles. The Labute approximate surface area is 130 Å². The summed E-state index contributed by atoms with van der Waals surface area (Å²) >= 11 is 0. The SMILES string of the molecule is C[C@H](NC(=O)Cc1ccc2ccccc2c1)c1ccccc1. The van der Waals surface area contributed by atoms with Gasteiger partial charge in [0.25, 0.3) is 0 Å². The van der Waals surface area contributed by atoms with Crippen LogP contribution in [-0.4, -0.2) is 5.91 Å². The highest BCUT2D eigenvalue weighted by Crippen LogP contribution is 2.16. The van der Waals surface area contributed by atoms with Crippen LogP contribution in [0.25, 0.3) is 10.8 Å². The van der Waals surface area contributed by atoms with Gasteiger partial charge in [0.05, 0.1) is 12.5 Å². The van der Waals surface area contributed by atoms with E-state index < -0.39 is 0 Å². The van der Waals surface area contributed by atoms with Gasteiger partial charge in [-0.15, -0.1) is 0 Å². The monoisotopic (exact) mass is 289 g/mol. The number of amides is 1. The molecule has 22 heavy (non-hydrogen) atoms. The molecule has 3 rings (SSSR count). The molecule has 0 aromatic heterocycles. The maximum atomic E-state index is 12.2. The van der Waals surface area contributed by atoms with E-state index in [0.29, 0.717) is 6.42 Å². The first kappa shape index (κ1) is 14.3. The Morgan fingerprint density at radius 1 is 0.909 bits per heavy atom. The molecule has 110 valence electrons. The lowest BCUT2D eigenvalue weighted by atomic mass is 10.0. The molecule has 0 saturated heterocycles. The van der Waals surface area contributed by atoms with Gasteiger partial charge in [-0.1, -0.05) is 72.8 Å². The molecule has 1 amide bonds. The van der Waals surface area contributed by atoms with Crippen LogP contribution >= 0.6 is 0 Å². The zero-order valence-electron chi connectivity index (χ0n) is 12.6. The molecule has 0 aliphatic rings. The Hall–Kier alpha value is -2.61. The van der Waals surface area contributed by atoms with Crippen molar-refractivity contribution in [1.29, 1.82) is 0 Å². The molecular weight excluding hydrogens is 270 g/mol. The van der Waals surface area contributed by atoms with E-state index in [1.165, 1.54) is 10.8 Å². The van der Waals surface area contributed by atoms with Crippen molar-refractivity contribution in [3.05, 3.63) is 83.9 Å². The van der Waals surface area contributed by atoms with Gasteiger partial charge in [-0.25, -0.2) is 0 Å². The average molecular weight is 289 g/mol. The molecule has 0 heterocycles. The second kappa shape index (κ2) is 6.44. The van der Waals surface area contributed by atoms with Crippen molar-refractivity contribution in [3.63, 3.8) is 0 Å². The highest BCUT2D eigenvalue weighted by molar-refractivity contribution is 5.85. The molecule has 0 aliphatic carbocycles. The molecule has 1 N–H and O–H groups in total. The van der Waals surface area contributed by atoms with E-state index in [2.05, 4.69) is 29.6 Å². The molecule has 3 aromatic carbocycles. The van der Waals surface area contributed by atoms with Gasteiger partial charge in [0.2, 0.25) is 5.91 Å². The number of nitrogens with one attached hydrogen (secondary N) is 1. The van der Waals surface area contributed by atoms with Crippen molar-refractivity contribution in [2.24, 2.45) is 0 Å². The predicted octanol–water partition coefficient (Wildman–Crippen LogP) is 4.26. The van der Waals surface area contributed by atoms with E-state index in [1.807, 2.05) is 55.5 Å². The normalized spacial score (nSPS) is 12.0. The lowest BCUT2D eigenvalue weighted by Crippen LogP contribution is -2.28. The number of carbonyl (C=O) groups excluding carboxylic acids is 1. The van der Waals surface area contributed by atoms with Crippen molar-refractivity contribution in [2.45, 2.75) is 19.4 Å². The minimum absolute atomic E-state index is 0.0224. The largest absolute Gasteiger partial charge is 0.349 e. The van der Waals surface area contributed by atoms with Gasteiger partial charge in [-0.05, 0) is 28.8 Å². The smallest absolute Gasteiger partial charge is 0.224 e. The summed E-state index contributed by atoms with van der Waals surface area (Å²) in [4.78, 5) is 12.2. The van der Waals surface area contributed by atoms with Crippen LogP contribution in [0, 0.1) is 0 Å². The van der Waals surface area contributed by atoms with E-state index in [9.17, 15) is 4.79 Å². The van der Waals surface area contributed by atoms with Crippen molar-refractivity contribution >= 4 is 16.7 Å². The molecule has 0 bridgehead atoms. The summed E-state index contributed by atoms with van der Waals surface area (Å²) in [6.45, 7) is 2.01. The fourth-order valence-electron chi connectivity index (χ4n) is 2.65. The van der Waals surface area contributed by atoms with E-state index in [1.54, 1.807) is 0 Å². The summed E-state index contributed by atoms with van der Waals surface area (Å²) < 4.78 is 0. The minimum atomic E-state index is 0.0224. The Morgan fingerprint density at radius 3 is 2.36 bits per heavy atom. The second-order valence-electron chi connectivity index (χ2n) is 5.56. The van der Waals surface area contributed by atoms with Crippen LogP contribution in [0.5, 0.6) is 0 Å². The Kier molecular flexibility index (Phi) is 4.19. The highest BCUT2D eigenvalue weighted by atomic mass is 16.1. The van der Waals surface area contributed by atoms with Crippen LogP contribution in [-0.2, 0) is 11.2 Å². The van der Waals surface area contributed by atoms with Gasteiger partial charge >= 0.3 is 0 Å². The van der Waals surface area contributed by atoms with Crippen LogP contribution in [0.3, 0.4) is 0 Å². The Balaban J connectivity index is 1.68. The van der Waals surface area contributed by atoms with E-state index in [0.717, 1.165) is 11.1 Å². The number of benzene rings is 3. The first-order valence-electron chi connectivity index (χ1n) is 7.54. The highest BCUT2D eigenvalue weighted by Gasteiger charge is 2.10. The first-order valence-corrected chi connectivity index (χ1v) is 7.54. The van der Waals surface area contributed by atoms with Gasteiger partial charge in [-0.2, -0.15) is 0 Å². The summed E-state index contributed by atoms with van der Waals surface area (Å²) in [5, 5.41) is 5.42. The van der Waals surface area contributed by atoms with Crippen molar-refractivity contribution < 1.29 is 4.79 Å². The van der Waals surface area contributed by atoms with Crippen molar-refractivity contribution in [1.82, 2.24) is 5.32 Å². The van der Waals surface area contributed by atoms with Crippen LogP contribution in [0.1, 0.15) is 24.1 Å². The first-order chi connectivity index (χ1) is 10.7. The maximum absolute atomic E-state index is 12.2. The topological polar surface area (TPSA) is 29.1 Å². The lowest BCUT2D eigenvalue weighted by molar-refractivity contribution is -0.121. The molecule has 0 spiro atoms. The third-order valence-corrected chi connectivity index (χ3v) is 3.86. The van der Waals surface area contributed by atoms with Crippen molar-refractivity contribution in [2.75, 3.05) is 0 Å². The molecule has 0 unspecified atom stereocenters. The molecule has 0 fully saturated rings. The standard InChI is InChI=1S/C20H19NO/c1-15(17-7-3-2-4-8-17)21-20(22)14-16-11-12-18-9-5-6-10-19(18)13-16/h2-13,15H,14H2,1H3,(H,21,22)/t15-/m0/s1. The third kappa shape index (κ3) is 3.34. The van der Waals surface area contributed by atoms with E-state index in [4.69, 9.17) is 0 Å². The molecule has 2 nitrogen and oxygen atoms in total. The number of fused-ring (bicyclic) bond motifs is 1. The summed E-state index contributed by atoms with van der Waals surface area (Å²) in [7, 11) is 0. The number of hydrogen-bond acceptors (Lipinski definition) is 1. The summed E-state index contributed by atoms with van der Waals surface area (Å²) in [5.41, 5.74) is 2.16. The zero-order chi connectivity index (χ0) is 15.4. The van der Waals surface area contributed by atoms with Gasteiger partial charge in [0.1, 0.15) is 0 Å². The van der Waals surface area contributed by atoms with Crippen LogP contribution in [0.4, 0.5) is 0 Å². The molecule has 1 atom stereocenters. The molecular formula is C20H19NO.